The van der Waals surface area contributed by atoms with Crippen molar-refractivity contribution in [3.05, 3.63) is 35.0 Å². The van der Waals surface area contributed by atoms with Crippen molar-refractivity contribution in [3.8, 4) is 0 Å². The van der Waals surface area contributed by atoms with Crippen molar-refractivity contribution in [2.24, 2.45) is 11.7 Å². The fourth-order valence-corrected chi connectivity index (χ4v) is 3.78. The number of nitrogens with zero attached hydrogens (tertiary/aromatic N) is 2. The van der Waals surface area contributed by atoms with E-state index in [2.05, 4.69) is 9.88 Å². The van der Waals surface area contributed by atoms with E-state index in [0.717, 1.165) is 54.5 Å². The van der Waals surface area contributed by atoms with Crippen molar-refractivity contribution in [1.82, 2.24) is 4.98 Å². The Bertz CT molecular complexity index is 681. The van der Waals surface area contributed by atoms with Gasteiger partial charge in [0.2, 0.25) is 0 Å². The van der Waals surface area contributed by atoms with Gasteiger partial charge in [-0.1, -0.05) is 11.6 Å². The molecule has 1 aliphatic heterocycles. The largest absolute Gasteiger partial charge is 0.396 e. The number of halogens is 1. The summed E-state index contributed by atoms with van der Waals surface area (Å²) in [5.41, 5.74) is 9.33. The third kappa shape index (κ3) is 3.30. The zero-order valence-corrected chi connectivity index (χ0v) is 14.3. The van der Waals surface area contributed by atoms with Crippen molar-refractivity contribution >= 4 is 28.2 Å². The van der Waals surface area contributed by atoms with Gasteiger partial charge in [-0.05, 0) is 55.9 Å². The number of rotatable bonds is 4. The summed E-state index contributed by atoms with van der Waals surface area (Å²) in [4.78, 5) is 6.98. The zero-order valence-electron chi connectivity index (χ0n) is 13.5. The summed E-state index contributed by atoms with van der Waals surface area (Å²) in [7, 11) is 0. The molecule has 124 valence electrons. The van der Waals surface area contributed by atoms with E-state index in [4.69, 9.17) is 22.4 Å². The lowest BCUT2D eigenvalue weighted by Gasteiger charge is -2.35. The number of aromatic nitrogens is 1. The number of fused-ring (bicyclic) bond motifs is 1. The van der Waals surface area contributed by atoms with Crippen LogP contribution < -0.4 is 10.6 Å². The minimum Gasteiger partial charge on any atom is -0.396 e. The Labute approximate surface area is 142 Å². The predicted octanol–water partition coefficient (Wildman–Crippen LogP) is 3.51. The van der Waals surface area contributed by atoms with Crippen molar-refractivity contribution < 1.29 is 5.11 Å². The van der Waals surface area contributed by atoms with Gasteiger partial charge in [-0.2, -0.15) is 0 Å². The molecular formula is C18H24ClN3O. The van der Waals surface area contributed by atoms with Gasteiger partial charge in [0.25, 0.3) is 0 Å². The fourth-order valence-electron chi connectivity index (χ4n) is 3.51. The first-order chi connectivity index (χ1) is 11.1. The van der Waals surface area contributed by atoms with Crippen LogP contribution in [0.1, 0.15) is 37.8 Å². The molecule has 1 aromatic heterocycles. The molecule has 2 aromatic rings. The molecule has 0 aliphatic carbocycles. The van der Waals surface area contributed by atoms with Gasteiger partial charge in [0, 0.05) is 37.3 Å². The zero-order chi connectivity index (χ0) is 16.4. The Morgan fingerprint density at radius 3 is 2.83 bits per heavy atom. The molecule has 3 rings (SSSR count). The molecule has 0 saturated carbocycles. The molecule has 0 amide bonds. The van der Waals surface area contributed by atoms with Crippen LogP contribution in [0.5, 0.6) is 0 Å². The maximum Gasteiger partial charge on any atom is 0.0953 e. The molecule has 0 spiro atoms. The second kappa shape index (κ2) is 7.04. The molecule has 4 nitrogen and oxygen atoms in total. The number of benzene rings is 1. The van der Waals surface area contributed by atoms with Crippen LogP contribution in [-0.4, -0.2) is 29.8 Å². The lowest BCUT2D eigenvalue weighted by atomic mass is 9.92. The molecule has 23 heavy (non-hydrogen) atoms. The van der Waals surface area contributed by atoms with E-state index in [1.54, 1.807) is 0 Å². The van der Waals surface area contributed by atoms with E-state index in [1.807, 2.05) is 31.3 Å². The average molecular weight is 334 g/mol. The highest BCUT2D eigenvalue weighted by Crippen LogP contribution is 2.38. The molecule has 3 N–H and O–H groups in total. The Balaban J connectivity index is 2.02. The second-order valence-electron chi connectivity index (χ2n) is 6.43. The van der Waals surface area contributed by atoms with Crippen LogP contribution in [0.2, 0.25) is 5.02 Å². The Morgan fingerprint density at radius 1 is 1.43 bits per heavy atom. The van der Waals surface area contributed by atoms with Crippen LogP contribution in [0.25, 0.3) is 10.9 Å². The van der Waals surface area contributed by atoms with Crippen LogP contribution in [0, 0.1) is 5.92 Å². The number of nitrogens with two attached hydrogens (primary N) is 1. The van der Waals surface area contributed by atoms with Crippen molar-refractivity contribution in [3.63, 3.8) is 0 Å². The van der Waals surface area contributed by atoms with Gasteiger partial charge in [0.15, 0.2) is 0 Å². The summed E-state index contributed by atoms with van der Waals surface area (Å²) >= 11 is 6.44. The smallest absolute Gasteiger partial charge is 0.0953 e. The highest BCUT2D eigenvalue weighted by atomic mass is 35.5. The normalized spacial score (nSPS) is 17.7. The summed E-state index contributed by atoms with van der Waals surface area (Å²) < 4.78 is 0. The third-order valence-electron chi connectivity index (χ3n) is 4.80. The molecule has 1 aromatic carbocycles. The SMILES string of the molecule is CC(N)c1cc(Cl)c2cccnc2c1N1CCC(CCO)CC1. The van der Waals surface area contributed by atoms with Gasteiger partial charge >= 0.3 is 0 Å². The first-order valence-corrected chi connectivity index (χ1v) is 8.68. The molecule has 1 aliphatic rings. The molecule has 0 radical (unpaired) electrons. The molecule has 5 heteroatoms. The van der Waals surface area contributed by atoms with Crippen LogP contribution in [0.3, 0.4) is 0 Å². The van der Waals surface area contributed by atoms with Crippen molar-refractivity contribution in [1.29, 1.82) is 0 Å². The van der Waals surface area contributed by atoms with Gasteiger partial charge in [0.1, 0.15) is 0 Å². The van der Waals surface area contributed by atoms with Crippen LogP contribution in [-0.2, 0) is 0 Å². The second-order valence-corrected chi connectivity index (χ2v) is 6.83. The highest BCUT2D eigenvalue weighted by molar-refractivity contribution is 6.36. The van der Waals surface area contributed by atoms with Gasteiger partial charge in [-0.25, -0.2) is 0 Å². The maximum absolute atomic E-state index is 9.14. The number of hydrogen-bond donors (Lipinski definition) is 2. The average Bonchev–Trinajstić information content (AvgIpc) is 2.56. The van der Waals surface area contributed by atoms with Crippen LogP contribution in [0.15, 0.2) is 24.4 Å². The van der Waals surface area contributed by atoms with Crippen molar-refractivity contribution in [2.75, 3.05) is 24.6 Å². The monoisotopic (exact) mass is 333 g/mol. The summed E-state index contributed by atoms with van der Waals surface area (Å²) in [6.45, 7) is 4.21. The molecule has 1 fully saturated rings. The number of aliphatic hydroxyl groups is 1. The Kier molecular flexibility index (Phi) is 5.05. The minimum absolute atomic E-state index is 0.0935. The highest BCUT2D eigenvalue weighted by Gasteiger charge is 2.24. The first kappa shape index (κ1) is 16.5. The van der Waals surface area contributed by atoms with Crippen LogP contribution >= 0.6 is 11.6 Å². The molecule has 1 unspecified atom stereocenters. The van der Waals surface area contributed by atoms with E-state index >= 15 is 0 Å². The molecule has 2 heterocycles. The molecule has 1 atom stereocenters. The summed E-state index contributed by atoms with van der Waals surface area (Å²) in [5.74, 6) is 0.613. The summed E-state index contributed by atoms with van der Waals surface area (Å²) in [6.07, 6.45) is 4.89. The third-order valence-corrected chi connectivity index (χ3v) is 5.12. The molecule has 1 saturated heterocycles. The number of hydrogen-bond acceptors (Lipinski definition) is 4. The van der Waals surface area contributed by atoms with E-state index in [9.17, 15) is 0 Å². The Morgan fingerprint density at radius 2 is 2.17 bits per heavy atom. The van der Waals surface area contributed by atoms with E-state index < -0.39 is 0 Å². The number of anilines is 1. The summed E-state index contributed by atoms with van der Waals surface area (Å²) in [5, 5.41) is 10.8. The quantitative estimate of drug-likeness (QED) is 0.898. The number of pyridine rings is 1. The lowest BCUT2D eigenvalue weighted by molar-refractivity contribution is 0.240. The number of aliphatic hydroxyl groups excluding tert-OH is 1. The van der Waals surface area contributed by atoms with Gasteiger partial charge in [-0.3, -0.25) is 4.98 Å². The van der Waals surface area contributed by atoms with Gasteiger partial charge < -0.3 is 15.7 Å². The topological polar surface area (TPSA) is 62.4 Å². The molecule has 0 bridgehead atoms. The molecular weight excluding hydrogens is 310 g/mol. The Hall–Kier alpha value is -1.36. The van der Waals surface area contributed by atoms with E-state index in [-0.39, 0.29) is 12.6 Å². The minimum atomic E-state index is -0.0935. The van der Waals surface area contributed by atoms with Crippen molar-refractivity contribution in [2.45, 2.75) is 32.2 Å². The van der Waals surface area contributed by atoms with Gasteiger partial charge in [0.05, 0.1) is 16.2 Å². The standard InChI is InChI=1S/C18H24ClN3O/c1-12(20)15-11-16(19)14-3-2-7-21-17(14)18(15)22-8-4-13(5-9-22)6-10-23/h2-3,7,11-13,23H,4-6,8-10,20H2,1H3. The van der Waals surface area contributed by atoms with E-state index in [0.29, 0.717) is 10.9 Å². The van der Waals surface area contributed by atoms with Crippen LogP contribution in [0.4, 0.5) is 5.69 Å². The summed E-state index contributed by atoms with van der Waals surface area (Å²) in [6, 6.07) is 5.82. The van der Waals surface area contributed by atoms with E-state index in [1.165, 1.54) is 0 Å². The first-order valence-electron chi connectivity index (χ1n) is 8.30. The fraction of sp³-hybridized carbons (Fsp3) is 0.500. The maximum atomic E-state index is 9.14. The number of piperidine rings is 1. The predicted molar refractivity (Wildman–Crippen MR) is 96.0 cm³/mol. The van der Waals surface area contributed by atoms with Gasteiger partial charge in [-0.15, -0.1) is 0 Å². The lowest BCUT2D eigenvalue weighted by Crippen LogP contribution is -2.35.